The van der Waals surface area contributed by atoms with Crippen LogP contribution >= 0.6 is 0 Å². The third kappa shape index (κ3) is 1.99. The Balaban J connectivity index is 3.15. The second-order valence-electron chi connectivity index (χ2n) is 3.38. The fraction of sp³-hybridized carbons (Fsp3) is 0.400. The molecule has 13 heavy (non-hydrogen) atoms. The van der Waals surface area contributed by atoms with E-state index in [0.29, 0.717) is 5.75 Å². The molecule has 0 unspecified atom stereocenters. The Labute approximate surface area is 78.5 Å². The van der Waals surface area contributed by atoms with Gasteiger partial charge in [-0.1, -0.05) is 6.07 Å². The first-order valence-electron chi connectivity index (χ1n) is 4.32. The van der Waals surface area contributed by atoms with Crippen molar-refractivity contribution >= 4 is 0 Å². The van der Waals surface area contributed by atoms with Crippen molar-refractivity contribution in [3.63, 3.8) is 0 Å². The third-order valence-electron chi connectivity index (χ3n) is 2.36. The van der Waals surface area contributed by atoms with E-state index >= 15 is 0 Å². The van der Waals surface area contributed by atoms with Crippen LogP contribution in [-0.2, 0) is 0 Å². The molecule has 1 rings (SSSR count). The van der Waals surface area contributed by atoms with Gasteiger partial charge in [0.2, 0.25) is 0 Å². The van der Waals surface area contributed by atoms with E-state index in [0.717, 1.165) is 16.7 Å². The number of aromatic hydroxyl groups is 1. The summed E-state index contributed by atoms with van der Waals surface area (Å²) in [5, 5.41) is 9.62. The van der Waals surface area contributed by atoms with Gasteiger partial charge >= 0.3 is 0 Å². The standard InChI is InChI=1S/C10H16N2O/c1-6-4-9(8(3)12-11)10(13)5-7(6)2/h4-5,8,12-13H,11H2,1-3H3/t8-/m0/s1. The van der Waals surface area contributed by atoms with Crippen LogP contribution in [0, 0.1) is 13.8 Å². The van der Waals surface area contributed by atoms with Crippen LogP contribution in [0.15, 0.2) is 12.1 Å². The lowest BCUT2D eigenvalue weighted by molar-refractivity contribution is 0.454. The SMILES string of the molecule is Cc1cc(O)c([C@H](C)NN)cc1C. The topological polar surface area (TPSA) is 58.3 Å². The Bertz CT molecular complexity index is 310. The van der Waals surface area contributed by atoms with Crippen molar-refractivity contribution in [1.82, 2.24) is 5.43 Å². The van der Waals surface area contributed by atoms with Crippen molar-refractivity contribution < 1.29 is 5.11 Å². The molecule has 0 saturated heterocycles. The summed E-state index contributed by atoms with van der Waals surface area (Å²) in [6, 6.07) is 3.69. The molecule has 3 heteroatoms. The number of hydrogen-bond donors (Lipinski definition) is 3. The molecule has 0 aliphatic heterocycles. The number of phenols is 1. The van der Waals surface area contributed by atoms with Crippen LogP contribution in [0.3, 0.4) is 0 Å². The van der Waals surface area contributed by atoms with Crippen LogP contribution in [0.25, 0.3) is 0 Å². The van der Waals surface area contributed by atoms with Gasteiger partial charge < -0.3 is 5.11 Å². The van der Waals surface area contributed by atoms with Gasteiger partial charge in [0.05, 0.1) is 0 Å². The van der Waals surface area contributed by atoms with Crippen LogP contribution in [-0.4, -0.2) is 5.11 Å². The maximum Gasteiger partial charge on any atom is 0.120 e. The van der Waals surface area contributed by atoms with Crippen molar-refractivity contribution in [3.05, 3.63) is 28.8 Å². The van der Waals surface area contributed by atoms with Gasteiger partial charge in [0, 0.05) is 11.6 Å². The first-order valence-corrected chi connectivity index (χ1v) is 4.32. The number of phenolic OH excluding ortho intramolecular Hbond substituents is 1. The number of nitrogens with two attached hydrogens (primary N) is 1. The van der Waals surface area contributed by atoms with Gasteiger partial charge in [-0.2, -0.15) is 0 Å². The molecular formula is C10H16N2O. The second kappa shape index (κ2) is 3.77. The first-order chi connectivity index (χ1) is 6.06. The Morgan fingerprint density at radius 3 is 2.38 bits per heavy atom. The molecule has 0 amide bonds. The number of hydrazine groups is 1. The lowest BCUT2D eigenvalue weighted by Crippen LogP contribution is -2.25. The third-order valence-corrected chi connectivity index (χ3v) is 2.36. The van der Waals surface area contributed by atoms with Gasteiger partial charge in [0.1, 0.15) is 5.75 Å². The van der Waals surface area contributed by atoms with Gasteiger partial charge in [-0.3, -0.25) is 11.3 Å². The lowest BCUT2D eigenvalue weighted by Gasteiger charge is -2.14. The second-order valence-corrected chi connectivity index (χ2v) is 3.38. The summed E-state index contributed by atoms with van der Waals surface area (Å²) in [6.45, 7) is 5.89. The maximum absolute atomic E-state index is 9.62. The predicted molar refractivity (Wildman–Crippen MR) is 53.3 cm³/mol. The first kappa shape index (κ1) is 10.0. The van der Waals surface area contributed by atoms with Crippen LogP contribution in [0.5, 0.6) is 5.75 Å². The highest BCUT2D eigenvalue weighted by molar-refractivity contribution is 5.42. The van der Waals surface area contributed by atoms with E-state index in [1.807, 2.05) is 26.8 Å². The summed E-state index contributed by atoms with van der Waals surface area (Å²) >= 11 is 0. The Kier molecular flexibility index (Phi) is 2.90. The van der Waals surface area contributed by atoms with E-state index in [9.17, 15) is 5.11 Å². The zero-order valence-corrected chi connectivity index (χ0v) is 8.26. The number of benzene rings is 1. The minimum Gasteiger partial charge on any atom is -0.508 e. The summed E-state index contributed by atoms with van der Waals surface area (Å²) in [7, 11) is 0. The minimum absolute atomic E-state index is 0.0284. The minimum atomic E-state index is -0.0284. The van der Waals surface area contributed by atoms with Crippen molar-refractivity contribution in [3.8, 4) is 5.75 Å². The molecule has 0 radical (unpaired) electrons. The average molecular weight is 180 g/mol. The number of rotatable bonds is 2. The van der Waals surface area contributed by atoms with E-state index in [1.165, 1.54) is 0 Å². The largest absolute Gasteiger partial charge is 0.508 e. The van der Waals surface area contributed by atoms with E-state index in [4.69, 9.17) is 5.84 Å². The predicted octanol–water partition coefficient (Wildman–Crippen LogP) is 1.53. The smallest absolute Gasteiger partial charge is 0.120 e. The van der Waals surface area contributed by atoms with Crippen LogP contribution < -0.4 is 11.3 Å². The highest BCUT2D eigenvalue weighted by atomic mass is 16.3. The normalized spacial score (nSPS) is 12.9. The molecule has 0 spiro atoms. The fourth-order valence-electron chi connectivity index (χ4n) is 1.26. The van der Waals surface area contributed by atoms with Gasteiger partial charge in [-0.15, -0.1) is 0 Å². The van der Waals surface area contributed by atoms with Crippen LogP contribution in [0.1, 0.15) is 29.7 Å². The molecule has 1 aromatic carbocycles. The molecule has 0 heterocycles. The number of nitrogens with one attached hydrogen (secondary N) is 1. The summed E-state index contributed by atoms with van der Waals surface area (Å²) in [4.78, 5) is 0. The van der Waals surface area contributed by atoms with Crippen molar-refractivity contribution in [1.29, 1.82) is 0 Å². The van der Waals surface area contributed by atoms with Crippen molar-refractivity contribution in [2.45, 2.75) is 26.8 Å². The van der Waals surface area contributed by atoms with Gasteiger partial charge in [0.15, 0.2) is 0 Å². The Morgan fingerprint density at radius 2 is 1.85 bits per heavy atom. The van der Waals surface area contributed by atoms with E-state index in [-0.39, 0.29) is 6.04 Å². The molecule has 4 N–H and O–H groups in total. The fourth-order valence-corrected chi connectivity index (χ4v) is 1.26. The molecule has 0 aliphatic rings. The molecule has 0 bridgehead atoms. The van der Waals surface area contributed by atoms with E-state index < -0.39 is 0 Å². The van der Waals surface area contributed by atoms with E-state index in [1.54, 1.807) is 6.07 Å². The van der Waals surface area contributed by atoms with E-state index in [2.05, 4.69) is 5.43 Å². The molecule has 0 fully saturated rings. The number of aryl methyl sites for hydroxylation is 2. The monoisotopic (exact) mass is 180 g/mol. The Morgan fingerprint density at radius 1 is 1.31 bits per heavy atom. The summed E-state index contributed by atoms with van der Waals surface area (Å²) in [5.74, 6) is 5.60. The molecule has 0 saturated carbocycles. The van der Waals surface area contributed by atoms with Crippen LogP contribution in [0.2, 0.25) is 0 Å². The molecule has 0 aromatic heterocycles. The van der Waals surface area contributed by atoms with Gasteiger partial charge in [0.25, 0.3) is 0 Å². The quantitative estimate of drug-likeness (QED) is 0.478. The molecule has 0 aliphatic carbocycles. The molecule has 3 nitrogen and oxygen atoms in total. The summed E-state index contributed by atoms with van der Waals surface area (Å²) in [6.07, 6.45) is 0. The van der Waals surface area contributed by atoms with Gasteiger partial charge in [-0.25, -0.2) is 0 Å². The number of hydrogen-bond acceptors (Lipinski definition) is 3. The molecular weight excluding hydrogens is 164 g/mol. The highest BCUT2D eigenvalue weighted by Gasteiger charge is 2.09. The Hall–Kier alpha value is -1.06. The van der Waals surface area contributed by atoms with Crippen LogP contribution in [0.4, 0.5) is 0 Å². The lowest BCUT2D eigenvalue weighted by atomic mass is 10.0. The summed E-state index contributed by atoms with van der Waals surface area (Å²) in [5.41, 5.74) is 5.70. The molecule has 72 valence electrons. The average Bonchev–Trinajstić information content (AvgIpc) is 2.10. The zero-order chi connectivity index (χ0) is 10.0. The zero-order valence-electron chi connectivity index (χ0n) is 8.26. The maximum atomic E-state index is 9.62. The summed E-state index contributed by atoms with van der Waals surface area (Å²) < 4.78 is 0. The van der Waals surface area contributed by atoms with Crippen molar-refractivity contribution in [2.75, 3.05) is 0 Å². The molecule has 1 atom stereocenters. The van der Waals surface area contributed by atoms with Crippen molar-refractivity contribution in [2.24, 2.45) is 5.84 Å². The highest BCUT2D eigenvalue weighted by Crippen LogP contribution is 2.26. The van der Waals surface area contributed by atoms with Gasteiger partial charge in [-0.05, 0) is 38.0 Å². The molecule has 1 aromatic rings.